The number of piperazine rings is 1. The first kappa shape index (κ1) is 18.8. The Morgan fingerprint density at radius 2 is 1.88 bits per heavy atom. The maximum Gasteiger partial charge on any atom is 0.260 e. The monoisotopic (exact) mass is 380 g/mol. The molecule has 1 amide bonds. The number of amides is 1. The highest BCUT2D eigenvalue weighted by molar-refractivity contribution is 7.88. The summed E-state index contributed by atoms with van der Waals surface area (Å²) in [5.74, 6) is 0.482. The van der Waals surface area contributed by atoms with Gasteiger partial charge in [-0.05, 0) is 30.0 Å². The zero-order valence-corrected chi connectivity index (χ0v) is 16.1. The molecule has 1 aromatic carbocycles. The Labute approximate surface area is 154 Å². The van der Waals surface area contributed by atoms with E-state index in [2.05, 4.69) is 0 Å². The van der Waals surface area contributed by atoms with Crippen molar-refractivity contribution in [2.24, 2.45) is 0 Å². The SMILES string of the molecule is Cc1ccc(OCC(=O)N2CCN(S(C)(=O)=O)CC2)c2c1[C@H](C)CC2=O. The number of ketones is 1. The number of hydrogen-bond donors (Lipinski definition) is 0. The quantitative estimate of drug-likeness (QED) is 0.783. The number of fused-ring (bicyclic) bond motifs is 1. The minimum absolute atomic E-state index is 0.0559. The van der Waals surface area contributed by atoms with Crippen LogP contribution in [-0.2, 0) is 14.8 Å². The van der Waals surface area contributed by atoms with Crippen LogP contribution in [0.5, 0.6) is 5.75 Å². The first-order valence-electron chi connectivity index (χ1n) is 8.71. The van der Waals surface area contributed by atoms with Gasteiger partial charge < -0.3 is 9.64 Å². The second kappa shape index (κ2) is 7.00. The molecule has 7 nitrogen and oxygen atoms in total. The molecule has 1 atom stereocenters. The van der Waals surface area contributed by atoms with E-state index >= 15 is 0 Å². The number of rotatable bonds is 4. The van der Waals surface area contributed by atoms with E-state index in [0.717, 1.165) is 11.1 Å². The maximum atomic E-state index is 12.4. The normalized spacial score (nSPS) is 21.0. The van der Waals surface area contributed by atoms with Crippen molar-refractivity contribution in [1.82, 2.24) is 9.21 Å². The molecule has 26 heavy (non-hydrogen) atoms. The molecule has 1 aliphatic heterocycles. The standard InChI is InChI=1S/C18H24N2O5S/c1-12-4-5-15(18-14(21)10-13(2)17(12)18)25-11-16(22)19-6-8-20(9-7-19)26(3,23)24/h4-5,13H,6-11H2,1-3H3/t13-/m1/s1. The molecular formula is C18H24N2O5S. The minimum Gasteiger partial charge on any atom is -0.483 e. The molecule has 142 valence electrons. The molecule has 0 N–H and O–H groups in total. The van der Waals surface area contributed by atoms with Gasteiger partial charge in [-0.1, -0.05) is 13.0 Å². The number of hydrogen-bond acceptors (Lipinski definition) is 5. The summed E-state index contributed by atoms with van der Waals surface area (Å²) < 4.78 is 30.1. The summed E-state index contributed by atoms with van der Waals surface area (Å²) in [7, 11) is -3.23. The predicted molar refractivity (Wildman–Crippen MR) is 97.0 cm³/mol. The Morgan fingerprint density at radius 1 is 1.23 bits per heavy atom. The lowest BCUT2D eigenvalue weighted by atomic mass is 9.97. The van der Waals surface area contributed by atoms with Crippen LogP contribution < -0.4 is 4.74 Å². The summed E-state index contributed by atoms with van der Waals surface area (Å²) in [6, 6.07) is 3.66. The fourth-order valence-corrected chi connectivity index (χ4v) is 4.56. The van der Waals surface area contributed by atoms with Crippen molar-refractivity contribution in [1.29, 1.82) is 0 Å². The van der Waals surface area contributed by atoms with Gasteiger partial charge in [-0.2, -0.15) is 4.31 Å². The summed E-state index contributed by atoms with van der Waals surface area (Å²) in [5.41, 5.74) is 2.68. The number of sulfonamides is 1. The number of Topliss-reactive ketones (excluding diaryl/α,β-unsaturated/α-hetero) is 1. The van der Waals surface area contributed by atoms with Crippen molar-refractivity contribution in [2.45, 2.75) is 26.2 Å². The maximum absolute atomic E-state index is 12.4. The second-order valence-electron chi connectivity index (χ2n) is 7.03. The molecule has 8 heteroatoms. The third-order valence-corrected chi connectivity index (χ3v) is 6.40. The molecule has 0 aromatic heterocycles. The molecule has 0 unspecified atom stereocenters. The molecule has 1 fully saturated rings. The highest BCUT2D eigenvalue weighted by atomic mass is 32.2. The zero-order valence-electron chi connectivity index (χ0n) is 15.3. The van der Waals surface area contributed by atoms with Crippen molar-refractivity contribution >= 4 is 21.7 Å². The third kappa shape index (κ3) is 3.61. The number of carbonyl (C=O) groups is 2. The lowest BCUT2D eigenvalue weighted by molar-refractivity contribution is -0.134. The number of aryl methyl sites for hydroxylation is 1. The fourth-order valence-electron chi connectivity index (χ4n) is 3.73. The van der Waals surface area contributed by atoms with Gasteiger partial charge in [-0.3, -0.25) is 9.59 Å². The highest BCUT2D eigenvalue weighted by Crippen LogP contribution is 2.40. The third-order valence-electron chi connectivity index (χ3n) is 5.10. The Morgan fingerprint density at radius 3 is 2.50 bits per heavy atom. The van der Waals surface area contributed by atoms with Gasteiger partial charge in [0.25, 0.3) is 5.91 Å². The Hall–Kier alpha value is -1.93. The average molecular weight is 380 g/mol. The molecule has 1 saturated heterocycles. The van der Waals surface area contributed by atoms with E-state index in [1.54, 1.807) is 11.0 Å². The Kier molecular flexibility index (Phi) is 5.07. The lowest BCUT2D eigenvalue weighted by Gasteiger charge is -2.33. The van der Waals surface area contributed by atoms with E-state index in [-0.39, 0.29) is 24.2 Å². The van der Waals surface area contributed by atoms with E-state index in [1.807, 2.05) is 19.9 Å². The number of nitrogens with zero attached hydrogens (tertiary/aromatic N) is 2. The van der Waals surface area contributed by atoms with Crippen molar-refractivity contribution in [3.05, 3.63) is 28.8 Å². The molecule has 0 saturated carbocycles. The summed E-state index contributed by atoms with van der Waals surface area (Å²) in [5, 5.41) is 0. The van der Waals surface area contributed by atoms with E-state index in [1.165, 1.54) is 10.6 Å². The number of carbonyl (C=O) groups excluding carboxylic acids is 2. The van der Waals surface area contributed by atoms with Crippen LogP contribution in [0.1, 0.15) is 40.7 Å². The Balaban J connectivity index is 1.64. The molecule has 3 rings (SSSR count). The molecular weight excluding hydrogens is 356 g/mol. The average Bonchev–Trinajstić information content (AvgIpc) is 2.89. The van der Waals surface area contributed by atoms with Crippen molar-refractivity contribution in [2.75, 3.05) is 39.0 Å². The smallest absolute Gasteiger partial charge is 0.260 e. The van der Waals surface area contributed by atoms with Crippen LogP contribution in [-0.4, -0.2) is 68.4 Å². The van der Waals surface area contributed by atoms with Crippen LogP contribution in [0.4, 0.5) is 0 Å². The molecule has 0 spiro atoms. The first-order chi connectivity index (χ1) is 12.2. The largest absolute Gasteiger partial charge is 0.483 e. The van der Waals surface area contributed by atoms with E-state index in [4.69, 9.17) is 4.74 Å². The summed E-state index contributed by atoms with van der Waals surface area (Å²) in [4.78, 5) is 26.3. The van der Waals surface area contributed by atoms with Gasteiger partial charge in [0.15, 0.2) is 12.4 Å². The first-order valence-corrected chi connectivity index (χ1v) is 10.6. The summed E-state index contributed by atoms with van der Waals surface area (Å²) in [6.45, 7) is 5.11. The van der Waals surface area contributed by atoms with Crippen molar-refractivity contribution < 1.29 is 22.7 Å². The lowest BCUT2D eigenvalue weighted by Crippen LogP contribution is -2.51. The van der Waals surface area contributed by atoms with Crippen LogP contribution in [0.15, 0.2) is 12.1 Å². The predicted octanol–water partition coefficient (Wildman–Crippen LogP) is 1.17. The molecule has 0 bridgehead atoms. The van der Waals surface area contributed by atoms with Crippen LogP contribution in [0.25, 0.3) is 0 Å². The molecule has 1 aromatic rings. The van der Waals surface area contributed by atoms with E-state index in [9.17, 15) is 18.0 Å². The van der Waals surface area contributed by atoms with Crippen molar-refractivity contribution in [3.63, 3.8) is 0 Å². The zero-order chi connectivity index (χ0) is 19.1. The van der Waals surface area contributed by atoms with E-state index in [0.29, 0.717) is 43.9 Å². The number of ether oxygens (including phenoxy) is 1. The summed E-state index contributed by atoms with van der Waals surface area (Å²) >= 11 is 0. The topological polar surface area (TPSA) is 84.0 Å². The van der Waals surface area contributed by atoms with Crippen LogP contribution in [0, 0.1) is 6.92 Å². The summed E-state index contributed by atoms with van der Waals surface area (Å²) in [6.07, 6.45) is 1.64. The van der Waals surface area contributed by atoms with Gasteiger partial charge in [-0.25, -0.2) is 8.42 Å². The number of benzene rings is 1. The van der Waals surface area contributed by atoms with Gasteiger partial charge in [0.1, 0.15) is 5.75 Å². The van der Waals surface area contributed by atoms with E-state index < -0.39 is 10.0 Å². The van der Waals surface area contributed by atoms with Gasteiger partial charge >= 0.3 is 0 Å². The van der Waals surface area contributed by atoms with Gasteiger partial charge in [0.05, 0.1) is 11.8 Å². The van der Waals surface area contributed by atoms with Crippen LogP contribution in [0.2, 0.25) is 0 Å². The van der Waals surface area contributed by atoms with Gasteiger partial charge in [0, 0.05) is 32.6 Å². The highest BCUT2D eigenvalue weighted by Gasteiger charge is 2.32. The fraction of sp³-hybridized carbons (Fsp3) is 0.556. The molecule has 1 heterocycles. The van der Waals surface area contributed by atoms with Crippen molar-refractivity contribution in [3.8, 4) is 5.75 Å². The van der Waals surface area contributed by atoms with Crippen LogP contribution >= 0.6 is 0 Å². The minimum atomic E-state index is -3.23. The van der Waals surface area contributed by atoms with Gasteiger partial charge in [0.2, 0.25) is 10.0 Å². The second-order valence-corrected chi connectivity index (χ2v) is 9.01. The van der Waals surface area contributed by atoms with Crippen LogP contribution in [0.3, 0.4) is 0 Å². The molecule has 1 aliphatic carbocycles. The Bertz CT molecular complexity index is 841. The molecule has 2 aliphatic rings. The van der Waals surface area contributed by atoms with Gasteiger partial charge in [-0.15, -0.1) is 0 Å². The molecule has 0 radical (unpaired) electrons.